The van der Waals surface area contributed by atoms with Crippen LogP contribution in [0.1, 0.15) is 39.5 Å². The van der Waals surface area contributed by atoms with Crippen LogP contribution in [0, 0.1) is 12.3 Å². The van der Waals surface area contributed by atoms with Crippen LogP contribution in [0.15, 0.2) is 53.7 Å². The summed E-state index contributed by atoms with van der Waals surface area (Å²) in [5.74, 6) is -1.61. The summed E-state index contributed by atoms with van der Waals surface area (Å²) in [5.41, 5.74) is 2.60. The van der Waals surface area contributed by atoms with Crippen LogP contribution < -0.4 is 11.3 Å². The molecule has 2 N–H and O–H groups in total. The van der Waals surface area contributed by atoms with E-state index in [1.54, 1.807) is 63.6 Å². The number of nitrogens with zero attached hydrogens (tertiary/aromatic N) is 5. The summed E-state index contributed by atoms with van der Waals surface area (Å²) in [7, 11) is 1.54. The molecule has 0 radical (unpaired) electrons. The summed E-state index contributed by atoms with van der Waals surface area (Å²) in [6.07, 6.45) is 4.00. The molecule has 4 heterocycles. The average Bonchev–Trinajstić information content (AvgIpc) is 3.71. The molecule has 1 aliphatic rings. The number of anilines is 1. The highest BCUT2D eigenvalue weighted by molar-refractivity contribution is 6.28. The Morgan fingerprint density at radius 1 is 1.05 bits per heavy atom. The van der Waals surface area contributed by atoms with E-state index in [9.17, 15) is 24.0 Å². The molecule has 3 aromatic heterocycles. The molecule has 0 amide bonds. The molecule has 0 spiro atoms. The Kier molecular flexibility index (Phi) is 13.3. The van der Waals surface area contributed by atoms with E-state index in [-0.39, 0.29) is 41.0 Å². The van der Waals surface area contributed by atoms with Crippen molar-refractivity contribution in [1.82, 2.24) is 24.1 Å². The second-order valence-electron chi connectivity index (χ2n) is 12.6. The number of imidazole rings is 1. The summed E-state index contributed by atoms with van der Waals surface area (Å²) in [6.45, 7) is 4.91. The van der Waals surface area contributed by atoms with E-state index in [4.69, 9.17) is 56.9 Å². The molecule has 0 saturated carbocycles. The minimum absolute atomic E-state index is 0.0465. The number of pyridine rings is 1. The van der Waals surface area contributed by atoms with Crippen molar-refractivity contribution >= 4 is 52.5 Å². The highest BCUT2D eigenvalue weighted by Crippen LogP contribution is 2.44. The maximum atomic E-state index is 13.9. The second-order valence-corrected chi connectivity index (χ2v) is 13.0. The zero-order chi connectivity index (χ0) is 41.5. The van der Waals surface area contributed by atoms with Crippen molar-refractivity contribution in [3.8, 4) is 23.5 Å². The van der Waals surface area contributed by atoms with E-state index in [2.05, 4.69) is 20.9 Å². The topological polar surface area (TPSA) is 225 Å². The van der Waals surface area contributed by atoms with Crippen LogP contribution >= 0.6 is 11.6 Å². The summed E-state index contributed by atoms with van der Waals surface area (Å²) in [6, 6.07) is 9.96. The van der Waals surface area contributed by atoms with E-state index >= 15 is 0 Å². The Morgan fingerprint density at radius 3 is 2.33 bits per heavy atom. The van der Waals surface area contributed by atoms with E-state index in [1.165, 1.54) is 15.5 Å². The number of halogens is 1. The average molecular weight is 809 g/mol. The first-order valence-corrected chi connectivity index (χ1v) is 18.0. The number of fused-ring (bicyclic) bond motifs is 1. The van der Waals surface area contributed by atoms with Crippen LogP contribution in [-0.2, 0) is 65.3 Å². The first-order chi connectivity index (χ1) is 27.2. The quantitative estimate of drug-likeness (QED) is 0.0564. The van der Waals surface area contributed by atoms with Crippen LogP contribution in [-0.4, -0.2) is 105 Å². The molecule has 302 valence electrons. The lowest BCUT2D eigenvalue weighted by atomic mass is 9.90. The lowest BCUT2D eigenvalue weighted by Gasteiger charge is -2.35. The van der Waals surface area contributed by atoms with Gasteiger partial charge in [0.1, 0.15) is 11.6 Å². The predicted molar refractivity (Wildman–Crippen MR) is 201 cm³/mol. The van der Waals surface area contributed by atoms with Gasteiger partial charge in [-0.1, -0.05) is 30.2 Å². The Morgan fingerprint density at radius 2 is 1.74 bits per heavy atom. The fraction of sp³-hybridized carbons (Fsp3) is 0.421. The molecule has 0 bridgehead atoms. The molecule has 1 aliphatic heterocycles. The van der Waals surface area contributed by atoms with E-state index in [0.717, 1.165) is 13.8 Å². The standard InChI is InChI=1S/C38H41ClN6O12/c1-7-37(57-23(5)47)27(56-33(29(37)55-22(4)46)45-21-41-28-30(40)42-36(39)43-31(28)45)20-54-38(34(49)52-8-2,35(50)53-9-3)19-24-12-14-25(15-13-24)26-11-10-16-44(32(26)48)17-18-51-6/h1,10-16,21,27,29,33H,8-9,17-20H2,2-6H3,(H2,40,42,43)/t27-,29+,33-,37-/m1/s1. The number of benzene rings is 1. The van der Waals surface area contributed by atoms with Gasteiger partial charge in [-0.15, -0.1) is 6.42 Å². The van der Waals surface area contributed by atoms with Crippen molar-refractivity contribution in [3.05, 3.63) is 70.1 Å². The maximum absolute atomic E-state index is 13.9. The number of carbonyl (C=O) groups excluding carboxylic acids is 4. The van der Waals surface area contributed by atoms with Crippen molar-refractivity contribution in [3.63, 3.8) is 0 Å². The highest BCUT2D eigenvalue weighted by atomic mass is 35.5. The number of methoxy groups -OCH3 is 1. The Hall–Kier alpha value is -5.87. The zero-order valence-corrected chi connectivity index (χ0v) is 32.5. The highest BCUT2D eigenvalue weighted by Gasteiger charge is 2.63. The number of nitrogen functional groups attached to an aromatic ring is 1. The molecule has 19 heteroatoms. The molecule has 0 aliphatic carbocycles. The van der Waals surface area contributed by atoms with Gasteiger partial charge >= 0.3 is 23.9 Å². The molecule has 0 unspecified atom stereocenters. The van der Waals surface area contributed by atoms with Crippen molar-refractivity contribution in [1.29, 1.82) is 0 Å². The number of carbonyl (C=O) groups is 4. The molecule has 18 nitrogen and oxygen atoms in total. The summed E-state index contributed by atoms with van der Waals surface area (Å²) >= 11 is 6.11. The summed E-state index contributed by atoms with van der Waals surface area (Å²) in [5, 5.41) is -0.239. The normalized spacial score (nSPS) is 19.1. The largest absolute Gasteiger partial charge is 0.463 e. The van der Waals surface area contributed by atoms with Crippen molar-refractivity contribution < 1.29 is 52.3 Å². The second kappa shape index (κ2) is 17.9. The van der Waals surface area contributed by atoms with Crippen molar-refractivity contribution in [2.45, 2.75) is 70.3 Å². The van der Waals surface area contributed by atoms with Crippen LogP contribution in [0.4, 0.5) is 5.82 Å². The third-order valence-electron chi connectivity index (χ3n) is 8.96. The number of hydrogen-bond acceptors (Lipinski definition) is 16. The molecule has 57 heavy (non-hydrogen) atoms. The monoisotopic (exact) mass is 808 g/mol. The number of aromatic nitrogens is 5. The van der Waals surface area contributed by atoms with Crippen LogP contribution in [0.2, 0.25) is 5.28 Å². The third kappa shape index (κ3) is 8.61. The Bertz CT molecular complexity index is 2220. The zero-order valence-electron chi connectivity index (χ0n) is 31.8. The van der Waals surface area contributed by atoms with Gasteiger partial charge < -0.3 is 43.5 Å². The SMILES string of the molecule is C#C[C@@]1(OC(C)=O)[C@@H](COC(Cc2ccc(-c3cccn(CCOC)c3=O)cc2)(C(=O)OCC)C(=O)OCC)O[C@@H](n2cnc3c(N)nc(Cl)nc32)[C@@H]1OC(C)=O. The smallest absolute Gasteiger partial charge is 0.350 e. The van der Waals surface area contributed by atoms with Gasteiger partial charge in [0.2, 0.25) is 17.0 Å². The van der Waals surface area contributed by atoms with Crippen LogP contribution in [0.25, 0.3) is 22.3 Å². The minimum Gasteiger partial charge on any atom is -0.463 e. The molecule has 5 rings (SSSR count). The van der Waals surface area contributed by atoms with Crippen molar-refractivity contribution in [2.75, 3.05) is 39.3 Å². The molecule has 1 aromatic carbocycles. The summed E-state index contributed by atoms with van der Waals surface area (Å²) in [4.78, 5) is 78.7. The number of nitrogens with two attached hydrogens (primary N) is 1. The molecular formula is C38H41ClN6O12. The van der Waals surface area contributed by atoms with Gasteiger partial charge in [0.05, 0.1) is 32.8 Å². The number of esters is 4. The van der Waals surface area contributed by atoms with Gasteiger partial charge in [0.15, 0.2) is 17.7 Å². The first kappa shape index (κ1) is 42.3. The van der Waals surface area contributed by atoms with Gasteiger partial charge in [-0.2, -0.15) is 9.97 Å². The van der Waals surface area contributed by atoms with Gasteiger partial charge in [-0.05, 0) is 48.7 Å². The fourth-order valence-electron chi connectivity index (χ4n) is 6.42. The molecule has 4 aromatic rings. The van der Waals surface area contributed by atoms with Crippen molar-refractivity contribution in [2.24, 2.45) is 0 Å². The van der Waals surface area contributed by atoms with Gasteiger partial charge in [0, 0.05) is 45.7 Å². The number of hydrogen-bond donors (Lipinski definition) is 1. The molecular weight excluding hydrogens is 768 g/mol. The predicted octanol–water partition coefficient (Wildman–Crippen LogP) is 2.43. The lowest BCUT2D eigenvalue weighted by molar-refractivity contribution is -0.200. The Balaban J connectivity index is 1.57. The Labute approximate surface area is 331 Å². The fourth-order valence-corrected chi connectivity index (χ4v) is 6.59. The molecule has 1 fully saturated rings. The van der Waals surface area contributed by atoms with Crippen LogP contribution in [0.3, 0.4) is 0 Å². The number of ether oxygens (including phenoxy) is 7. The van der Waals surface area contributed by atoms with Gasteiger partial charge in [0.25, 0.3) is 11.2 Å². The van der Waals surface area contributed by atoms with E-state index < -0.39 is 66.5 Å². The van der Waals surface area contributed by atoms with E-state index in [0.29, 0.717) is 29.8 Å². The lowest BCUT2D eigenvalue weighted by Crippen LogP contribution is -2.57. The third-order valence-corrected chi connectivity index (χ3v) is 9.13. The maximum Gasteiger partial charge on any atom is 0.350 e. The van der Waals surface area contributed by atoms with Gasteiger partial charge in [-0.25, -0.2) is 14.6 Å². The number of terminal acetylenes is 1. The first-order valence-electron chi connectivity index (χ1n) is 17.7. The van der Waals surface area contributed by atoms with Gasteiger partial charge in [-0.3, -0.25) is 19.0 Å². The summed E-state index contributed by atoms with van der Waals surface area (Å²) < 4.78 is 42.7. The van der Waals surface area contributed by atoms with Crippen LogP contribution in [0.5, 0.6) is 0 Å². The van der Waals surface area contributed by atoms with E-state index in [1.807, 2.05) is 0 Å². The molecule has 1 saturated heterocycles. The molecule has 4 atom stereocenters. The minimum atomic E-state index is -2.49. The number of rotatable bonds is 16.